The molecule has 1 aliphatic carbocycles. The van der Waals surface area contributed by atoms with Crippen LogP contribution < -0.4 is 0 Å². The lowest BCUT2D eigenvalue weighted by Crippen LogP contribution is -2.50. The highest BCUT2D eigenvalue weighted by molar-refractivity contribution is 5.85. The molecule has 0 bridgehead atoms. The number of carbonyl (C=O) groups excluding carboxylic acids is 3. The summed E-state index contributed by atoms with van der Waals surface area (Å²) in [4.78, 5) is 41.1. The van der Waals surface area contributed by atoms with Crippen LogP contribution in [0.15, 0.2) is 24.3 Å². The van der Waals surface area contributed by atoms with E-state index in [1.54, 1.807) is 16.7 Å². The standard InChI is InChI=1S/C25H34N2O5/c1-5-31-21(29)16-27-20(28)14-17-15-25(19-9-7-6-8-18(19)22(17)27)10-12-26(13-11-25)23(30)32-24(2,3)4/h6-9,17,22H,5,10-16H2,1-4H3/t17-,22-/m0/s1. The first-order chi connectivity index (χ1) is 15.1. The highest BCUT2D eigenvalue weighted by atomic mass is 16.6. The van der Waals surface area contributed by atoms with Gasteiger partial charge in [0.1, 0.15) is 12.1 Å². The number of carbonyl (C=O) groups is 3. The molecule has 7 nitrogen and oxygen atoms in total. The summed E-state index contributed by atoms with van der Waals surface area (Å²) in [5, 5.41) is 0. The van der Waals surface area contributed by atoms with Crippen molar-refractivity contribution in [1.82, 2.24) is 9.80 Å². The number of ether oxygens (including phenoxy) is 2. The number of esters is 1. The fraction of sp³-hybridized carbons (Fsp3) is 0.640. The zero-order valence-electron chi connectivity index (χ0n) is 19.6. The summed E-state index contributed by atoms with van der Waals surface area (Å²) in [7, 11) is 0. The Hall–Kier alpha value is -2.57. The lowest BCUT2D eigenvalue weighted by molar-refractivity contribution is -0.148. The Morgan fingerprint density at radius 2 is 1.84 bits per heavy atom. The molecule has 2 atom stereocenters. The molecule has 1 aromatic rings. The Kier molecular flexibility index (Phi) is 5.94. The lowest BCUT2D eigenvalue weighted by Gasteiger charge is -2.49. The van der Waals surface area contributed by atoms with Gasteiger partial charge in [0.25, 0.3) is 0 Å². The average Bonchev–Trinajstić information content (AvgIpc) is 3.02. The molecule has 0 unspecified atom stereocenters. The van der Waals surface area contributed by atoms with Crippen LogP contribution in [0, 0.1) is 5.92 Å². The maximum Gasteiger partial charge on any atom is 0.410 e. The smallest absolute Gasteiger partial charge is 0.410 e. The van der Waals surface area contributed by atoms with Crippen molar-refractivity contribution >= 4 is 18.0 Å². The van der Waals surface area contributed by atoms with Crippen molar-refractivity contribution in [3.8, 4) is 0 Å². The fourth-order valence-electron chi connectivity index (χ4n) is 5.77. The van der Waals surface area contributed by atoms with Crippen LogP contribution in [-0.4, -0.2) is 59.6 Å². The van der Waals surface area contributed by atoms with Gasteiger partial charge in [-0.25, -0.2) is 4.79 Å². The van der Waals surface area contributed by atoms with Crippen molar-refractivity contribution in [1.29, 1.82) is 0 Å². The number of piperidine rings is 1. The summed E-state index contributed by atoms with van der Waals surface area (Å²) >= 11 is 0. The molecule has 0 saturated carbocycles. The molecule has 2 fully saturated rings. The first kappa shape index (κ1) is 22.6. The van der Waals surface area contributed by atoms with Gasteiger partial charge in [-0.1, -0.05) is 24.3 Å². The Balaban J connectivity index is 1.57. The van der Waals surface area contributed by atoms with Crippen molar-refractivity contribution in [3.63, 3.8) is 0 Å². The van der Waals surface area contributed by atoms with Crippen LogP contribution in [0.25, 0.3) is 0 Å². The maximum atomic E-state index is 12.9. The summed E-state index contributed by atoms with van der Waals surface area (Å²) in [6.07, 6.45) is 2.78. The third-order valence-corrected chi connectivity index (χ3v) is 7.02. The Labute approximate surface area is 190 Å². The molecule has 0 aromatic heterocycles. The first-order valence-corrected chi connectivity index (χ1v) is 11.7. The second kappa shape index (κ2) is 8.41. The zero-order chi connectivity index (χ0) is 23.1. The molecule has 2 heterocycles. The van der Waals surface area contributed by atoms with Crippen molar-refractivity contribution in [2.45, 2.75) is 70.4 Å². The minimum absolute atomic E-state index is 0.00158. The average molecular weight is 443 g/mol. The number of nitrogens with zero attached hydrogens (tertiary/aromatic N) is 2. The quantitative estimate of drug-likeness (QED) is 0.666. The molecule has 32 heavy (non-hydrogen) atoms. The number of hydrogen-bond donors (Lipinski definition) is 0. The Morgan fingerprint density at radius 3 is 2.50 bits per heavy atom. The van der Waals surface area contributed by atoms with Crippen LogP contribution in [-0.2, 0) is 24.5 Å². The molecular formula is C25H34N2O5. The lowest BCUT2D eigenvalue weighted by atomic mass is 9.60. The molecule has 7 heteroatoms. The van der Waals surface area contributed by atoms with E-state index in [9.17, 15) is 14.4 Å². The maximum absolute atomic E-state index is 12.9. The van der Waals surface area contributed by atoms with E-state index >= 15 is 0 Å². The Morgan fingerprint density at radius 1 is 1.16 bits per heavy atom. The molecule has 2 amide bonds. The highest BCUT2D eigenvalue weighted by Crippen LogP contribution is 2.55. The fourth-order valence-corrected chi connectivity index (χ4v) is 5.77. The van der Waals surface area contributed by atoms with Crippen LogP contribution in [0.5, 0.6) is 0 Å². The molecule has 0 N–H and O–H groups in total. The van der Waals surface area contributed by atoms with Gasteiger partial charge in [0.15, 0.2) is 0 Å². The largest absolute Gasteiger partial charge is 0.465 e. The van der Waals surface area contributed by atoms with Crippen molar-refractivity contribution in [2.24, 2.45) is 5.92 Å². The summed E-state index contributed by atoms with van der Waals surface area (Å²) in [6, 6.07) is 8.24. The summed E-state index contributed by atoms with van der Waals surface area (Å²) in [5.74, 6) is -0.170. The predicted molar refractivity (Wildman–Crippen MR) is 119 cm³/mol. The minimum Gasteiger partial charge on any atom is -0.465 e. The molecule has 1 spiro atoms. The van der Waals surface area contributed by atoms with E-state index in [1.165, 1.54) is 5.56 Å². The van der Waals surface area contributed by atoms with Crippen LogP contribution in [0.2, 0.25) is 0 Å². The molecule has 2 aliphatic heterocycles. The van der Waals surface area contributed by atoms with Crippen LogP contribution in [0.3, 0.4) is 0 Å². The van der Waals surface area contributed by atoms with Crippen molar-refractivity contribution in [2.75, 3.05) is 26.2 Å². The van der Waals surface area contributed by atoms with Gasteiger partial charge in [-0.05, 0) is 69.4 Å². The van der Waals surface area contributed by atoms with Gasteiger partial charge >= 0.3 is 12.1 Å². The van der Waals surface area contributed by atoms with E-state index in [-0.39, 0.29) is 41.9 Å². The SMILES string of the molecule is CCOC(=O)CN1C(=O)C[C@H]2CC3(CCN(C(=O)OC(C)(C)C)CC3)c3ccccc3[C@H]21. The van der Waals surface area contributed by atoms with E-state index in [2.05, 4.69) is 12.1 Å². The monoisotopic (exact) mass is 442 g/mol. The van der Waals surface area contributed by atoms with E-state index in [0.717, 1.165) is 24.8 Å². The minimum atomic E-state index is -0.510. The predicted octanol–water partition coefficient (Wildman–Crippen LogP) is 3.81. The molecule has 0 radical (unpaired) electrons. The van der Waals surface area contributed by atoms with Crippen molar-refractivity contribution in [3.05, 3.63) is 35.4 Å². The van der Waals surface area contributed by atoms with Gasteiger partial charge in [0, 0.05) is 19.5 Å². The van der Waals surface area contributed by atoms with E-state index in [1.807, 2.05) is 32.9 Å². The number of likely N-dealkylation sites (tertiary alicyclic amines) is 2. The third kappa shape index (κ3) is 4.21. The number of fused-ring (bicyclic) bond motifs is 4. The van der Waals surface area contributed by atoms with Gasteiger partial charge in [-0.15, -0.1) is 0 Å². The van der Waals surface area contributed by atoms with Crippen LogP contribution in [0.4, 0.5) is 4.79 Å². The van der Waals surface area contributed by atoms with E-state index < -0.39 is 5.60 Å². The number of hydrogen-bond acceptors (Lipinski definition) is 5. The second-order valence-corrected chi connectivity index (χ2v) is 10.3. The van der Waals surface area contributed by atoms with Gasteiger partial charge in [0.05, 0.1) is 12.6 Å². The third-order valence-electron chi connectivity index (χ3n) is 7.02. The molecule has 1 aromatic carbocycles. The molecule has 2 saturated heterocycles. The van der Waals surface area contributed by atoms with E-state index in [0.29, 0.717) is 26.1 Å². The summed E-state index contributed by atoms with van der Waals surface area (Å²) in [5.41, 5.74) is 1.83. The Bertz CT molecular complexity index is 898. The number of rotatable bonds is 3. The topological polar surface area (TPSA) is 76.2 Å². The van der Waals surface area contributed by atoms with Crippen LogP contribution >= 0.6 is 0 Å². The normalized spacial score (nSPS) is 24.2. The number of benzene rings is 1. The first-order valence-electron chi connectivity index (χ1n) is 11.7. The number of amides is 2. The van der Waals surface area contributed by atoms with Gasteiger partial charge < -0.3 is 19.3 Å². The molecular weight excluding hydrogens is 408 g/mol. The van der Waals surface area contributed by atoms with E-state index in [4.69, 9.17) is 9.47 Å². The molecule has 4 rings (SSSR count). The van der Waals surface area contributed by atoms with Crippen LogP contribution in [0.1, 0.15) is 70.5 Å². The summed E-state index contributed by atoms with van der Waals surface area (Å²) < 4.78 is 10.7. The highest BCUT2D eigenvalue weighted by Gasteiger charge is 2.52. The van der Waals surface area contributed by atoms with Gasteiger partial charge in [-0.3, -0.25) is 9.59 Å². The van der Waals surface area contributed by atoms with Crippen molar-refractivity contribution < 1.29 is 23.9 Å². The molecule has 174 valence electrons. The van der Waals surface area contributed by atoms with Gasteiger partial charge in [0.2, 0.25) is 5.91 Å². The second-order valence-electron chi connectivity index (χ2n) is 10.3. The molecule has 3 aliphatic rings. The summed E-state index contributed by atoms with van der Waals surface area (Å²) in [6.45, 7) is 9.01. The van der Waals surface area contributed by atoms with Gasteiger partial charge in [-0.2, -0.15) is 0 Å². The zero-order valence-corrected chi connectivity index (χ0v) is 19.6.